The number of nitro groups is 1. The largest absolute Gasteiger partial charge is 0.466 e. The van der Waals surface area contributed by atoms with E-state index in [1.165, 1.54) is 13.0 Å². The summed E-state index contributed by atoms with van der Waals surface area (Å²) in [5, 5.41) is 24.9. The highest BCUT2D eigenvalue weighted by Crippen LogP contribution is 2.32. The smallest absolute Gasteiger partial charge is 0.308 e. The number of nitrogens with zero attached hydrogens (tertiary/aromatic N) is 2. The van der Waals surface area contributed by atoms with Crippen LogP contribution in [0, 0.1) is 10.1 Å². The zero-order valence-corrected chi connectivity index (χ0v) is 13.5. The number of nitro benzene ring substituents is 1. The van der Waals surface area contributed by atoms with Crippen molar-refractivity contribution in [3.8, 4) is 0 Å². The normalized spacial score (nSPS) is 13.3. The van der Waals surface area contributed by atoms with E-state index in [9.17, 15) is 20.0 Å². The van der Waals surface area contributed by atoms with Crippen LogP contribution in [0.5, 0.6) is 0 Å². The van der Waals surface area contributed by atoms with E-state index in [1.807, 2.05) is 0 Å². The van der Waals surface area contributed by atoms with Crippen LogP contribution in [-0.2, 0) is 9.53 Å². The van der Waals surface area contributed by atoms with Gasteiger partial charge in [0.2, 0.25) is 0 Å². The Kier molecular flexibility index (Phi) is 5.30. The van der Waals surface area contributed by atoms with Gasteiger partial charge in [-0.25, -0.2) is 0 Å². The lowest BCUT2D eigenvalue weighted by atomic mass is 10.0. The van der Waals surface area contributed by atoms with Gasteiger partial charge >= 0.3 is 11.7 Å². The molecular formula is C16H19N3O5. The number of nitrogens with one attached hydrogen (secondary N) is 1. The van der Waals surface area contributed by atoms with Crippen LogP contribution in [0.1, 0.15) is 20.3 Å². The van der Waals surface area contributed by atoms with Crippen LogP contribution in [0.4, 0.5) is 11.4 Å². The topological polar surface area (TPSA) is 115 Å². The summed E-state index contributed by atoms with van der Waals surface area (Å²) in [6, 6.07) is 6.43. The molecule has 8 nitrogen and oxygen atoms in total. The van der Waals surface area contributed by atoms with E-state index < -0.39 is 16.5 Å². The van der Waals surface area contributed by atoms with Gasteiger partial charge in [0.05, 0.1) is 34.5 Å². The van der Waals surface area contributed by atoms with E-state index in [-0.39, 0.29) is 30.9 Å². The number of anilines is 1. The second-order valence-electron chi connectivity index (χ2n) is 5.62. The number of ether oxygens (including phenoxy) is 1. The highest BCUT2D eigenvalue weighted by atomic mass is 16.6. The monoisotopic (exact) mass is 333 g/mol. The number of hydrogen-bond acceptors (Lipinski definition) is 7. The van der Waals surface area contributed by atoms with Crippen LogP contribution >= 0.6 is 0 Å². The first-order chi connectivity index (χ1) is 11.3. The molecule has 2 N–H and O–H groups in total. The van der Waals surface area contributed by atoms with E-state index in [0.717, 1.165) is 0 Å². The summed E-state index contributed by atoms with van der Waals surface area (Å²) in [7, 11) is 0. The van der Waals surface area contributed by atoms with Crippen molar-refractivity contribution in [3.63, 3.8) is 0 Å². The molecule has 1 aromatic carbocycles. The number of carbonyl (C=O) groups excluding carboxylic acids is 1. The molecule has 0 saturated carbocycles. The molecule has 0 aliphatic rings. The first-order valence-electron chi connectivity index (χ1n) is 7.48. The third kappa shape index (κ3) is 4.17. The van der Waals surface area contributed by atoms with E-state index in [1.54, 1.807) is 31.3 Å². The second kappa shape index (κ2) is 7.22. The number of pyridine rings is 1. The minimum Gasteiger partial charge on any atom is -0.466 e. The van der Waals surface area contributed by atoms with Crippen LogP contribution in [0.3, 0.4) is 0 Å². The van der Waals surface area contributed by atoms with Crippen LogP contribution in [-0.4, -0.2) is 39.7 Å². The summed E-state index contributed by atoms with van der Waals surface area (Å²) in [5.74, 6) is -0.526. The minimum absolute atomic E-state index is 0.0432. The Morgan fingerprint density at radius 3 is 2.88 bits per heavy atom. The minimum atomic E-state index is -1.40. The van der Waals surface area contributed by atoms with Crippen LogP contribution in [0.15, 0.2) is 30.5 Å². The molecule has 0 spiro atoms. The molecule has 2 rings (SSSR count). The van der Waals surface area contributed by atoms with Crippen molar-refractivity contribution in [2.75, 3.05) is 18.5 Å². The molecule has 128 valence electrons. The van der Waals surface area contributed by atoms with Crippen molar-refractivity contribution in [2.45, 2.75) is 25.9 Å². The van der Waals surface area contributed by atoms with Gasteiger partial charge in [-0.2, -0.15) is 0 Å². The number of aliphatic hydroxyl groups is 1. The van der Waals surface area contributed by atoms with Crippen molar-refractivity contribution in [1.29, 1.82) is 0 Å². The lowest BCUT2D eigenvalue weighted by molar-refractivity contribution is -0.382. The molecular weight excluding hydrogens is 314 g/mol. The lowest BCUT2D eigenvalue weighted by Crippen LogP contribution is -2.36. The van der Waals surface area contributed by atoms with Gasteiger partial charge < -0.3 is 15.2 Å². The van der Waals surface area contributed by atoms with Crippen molar-refractivity contribution < 1.29 is 19.6 Å². The summed E-state index contributed by atoms with van der Waals surface area (Å²) in [4.78, 5) is 26.5. The van der Waals surface area contributed by atoms with Gasteiger partial charge in [0.25, 0.3) is 0 Å². The van der Waals surface area contributed by atoms with Gasteiger partial charge in [0.1, 0.15) is 5.69 Å². The molecule has 1 heterocycles. The number of rotatable bonds is 7. The molecule has 1 atom stereocenters. The maximum Gasteiger partial charge on any atom is 0.308 e. The van der Waals surface area contributed by atoms with Crippen LogP contribution < -0.4 is 5.32 Å². The first-order valence-corrected chi connectivity index (χ1v) is 7.48. The fraction of sp³-hybridized carbons (Fsp3) is 0.375. The molecule has 8 heteroatoms. The number of carbonyl (C=O) groups is 1. The maximum absolute atomic E-state index is 11.5. The zero-order valence-electron chi connectivity index (χ0n) is 13.5. The van der Waals surface area contributed by atoms with Crippen LogP contribution in [0.25, 0.3) is 10.9 Å². The molecule has 0 aliphatic heterocycles. The maximum atomic E-state index is 11.5. The molecule has 1 unspecified atom stereocenters. The van der Waals surface area contributed by atoms with Gasteiger partial charge in [0, 0.05) is 12.7 Å². The second-order valence-corrected chi connectivity index (χ2v) is 5.62. The third-order valence-electron chi connectivity index (χ3n) is 3.43. The Labute approximate surface area is 138 Å². The van der Waals surface area contributed by atoms with E-state index in [4.69, 9.17) is 4.74 Å². The number of benzene rings is 1. The SMILES string of the molecule is CCOC(=O)CC(C)(O)CNc1ccc2ncccc2c1[N+](=O)[O-]. The fourth-order valence-corrected chi connectivity index (χ4v) is 2.35. The molecule has 0 bridgehead atoms. The summed E-state index contributed by atoms with van der Waals surface area (Å²) >= 11 is 0. The summed E-state index contributed by atoms with van der Waals surface area (Å²) in [6.07, 6.45) is 1.35. The molecule has 0 saturated heterocycles. The number of aromatic nitrogens is 1. The number of esters is 1. The predicted octanol–water partition coefficient (Wildman–Crippen LogP) is 2.26. The van der Waals surface area contributed by atoms with Gasteiger partial charge in [-0.1, -0.05) is 0 Å². The zero-order chi connectivity index (χ0) is 17.7. The van der Waals surface area contributed by atoms with E-state index >= 15 is 0 Å². The number of hydrogen-bond donors (Lipinski definition) is 2. The molecule has 24 heavy (non-hydrogen) atoms. The summed E-state index contributed by atoms with van der Waals surface area (Å²) < 4.78 is 4.81. The van der Waals surface area contributed by atoms with Gasteiger partial charge in [-0.15, -0.1) is 0 Å². The molecule has 0 amide bonds. The third-order valence-corrected chi connectivity index (χ3v) is 3.43. The predicted molar refractivity (Wildman–Crippen MR) is 88.8 cm³/mol. The molecule has 1 aromatic heterocycles. The molecule has 0 radical (unpaired) electrons. The van der Waals surface area contributed by atoms with Gasteiger partial charge in [0.15, 0.2) is 0 Å². The molecule has 0 fully saturated rings. The van der Waals surface area contributed by atoms with Gasteiger partial charge in [-0.3, -0.25) is 19.9 Å². The summed E-state index contributed by atoms with van der Waals surface area (Å²) in [6.45, 7) is 3.33. The van der Waals surface area contributed by atoms with Crippen molar-refractivity contribution in [1.82, 2.24) is 4.98 Å². The van der Waals surface area contributed by atoms with Crippen LogP contribution in [0.2, 0.25) is 0 Å². The van der Waals surface area contributed by atoms with Gasteiger partial charge in [-0.05, 0) is 38.1 Å². The van der Waals surface area contributed by atoms with E-state index in [0.29, 0.717) is 10.9 Å². The average molecular weight is 333 g/mol. The highest BCUT2D eigenvalue weighted by Gasteiger charge is 2.27. The van der Waals surface area contributed by atoms with Crippen molar-refractivity contribution >= 4 is 28.2 Å². The Hall–Kier alpha value is -2.74. The highest BCUT2D eigenvalue weighted by molar-refractivity contribution is 5.94. The van der Waals surface area contributed by atoms with Crippen molar-refractivity contribution in [2.24, 2.45) is 0 Å². The quantitative estimate of drug-likeness (QED) is 0.453. The van der Waals surface area contributed by atoms with Crippen molar-refractivity contribution in [3.05, 3.63) is 40.6 Å². The average Bonchev–Trinajstić information content (AvgIpc) is 2.51. The molecule has 0 aliphatic carbocycles. The Bertz CT molecular complexity index is 760. The number of fused-ring (bicyclic) bond motifs is 1. The standard InChI is InChI=1S/C16H19N3O5/c1-3-24-14(20)9-16(2,21)10-18-13-7-6-12-11(5-4-8-17-12)15(13)19(22)23/h4-8,18,21H,3,9-10H2,1-2H3. The Morgan fingerprint density at radius 2 is 2.21 bits per heavy atom. The summed E-state index contributed by atoms with van der Waals surface area (Å²) in [5.41, 5.74) is -0.755. The van der Waals surface area contributed by atoms with E-state index in [2.05, 4.69) is 10.3 Å². The first kappa shape index (κ1) is 17.6. The lowest BCUT2D eigenvalue weighted by Gasteiger charge is -2.23. The molecule has 2 aromatic rings. The Balaban J connectivity index is 2.22. The fourth-order valence-electron chi connectivity index (χ4n) is 2.35. The Morgan fingerprint density at radius 1 is 1.46 bits per heavy atom.